The molecule has 0 amide bonds. The largest absolute Gasteiger partial charge is 0.435 e. The fraction of sp³-hybridized carbons (Fsp3) is 0.262. The molecule has 0 N–H and O–H groups in total. The van der Waals surface area contributed by atoms with E-state index in [-0.39, 0.29) is 35.6 Å². The van der Waals surface area contributed by atoms with Crippen LogP contribution in [0.2, 0.25) is 0 Å². The zero-order valence-corrected chi connectivity index (χ0v) is 28.7. The van der Waals surface area contributed by atoms with Crippen molar-refractivity contribution >= 4 is 11.6 Å². The van der Waals surface area contributed by atoms with E-state index in [0.717, 1.165) is 17.7 Å². The maximum absolute atomic E-state index is 15.3. The number of alkyl halides is 5. The molecule has 3 aliphatic carbocycles. The number of pyridine rings is 1. The molecule has 2 aromatic heterocycles. The van der Waals surface area contributed by atoms with Crippen LogP contribution in [-0.2, 0) is 36.3 Å². The summed E-state index contributed by atoms with van der Waals surface area (Å²) in [6.45, 7) is -0.914. The summed E-state index contributed by atoms with van der Waals surface area (Å²) < 4.78 is 102. The molecule has 0 aliphatic heterocycles. The van der Waals surface area contributed by atoms with Gasteiger partial charge in [-0.15, -0.1) is 0 Å². The average Bonchev–Trinajstić information content (AvgIpc) is 3.65. The fourth-order valence-corrected chi connectivity index (χ4v) is 7.85. The van der Waals surface area contributed by atoms with Gasteiger partial charge in [-0.3, -0.25) is 14.3 Å². The van der Waals surface area contributed by atoms with Gasteiger partial charge in [0.25, 0.3) is 5.92 Å². The molecule has 3 aliphatic rings. The summed E-state index contributed by atoms with van der Waals surface area (Å²) in [6, 6.07) is 19.9. The normalized spacial score (nSPS) is 18.1. The molecule has 0 spiro atoms. The second-order valence-electron chi connectivity index (χ2n) is 14.1. The van der Waals surface area contributed by atoms with E-state index in [4.69, 9.17) is 10.2 Å². The molecule has 13 heteroatoms. The Bertz CT molecular complexity index is 2500. The molecule has 8 rings (SSSR count). The van der Waals surface area contributed by atoms with Gasteiger partial charge in [-0.25, -0.2) is 13.8 Å². The van der Waals surface area contributed by atoms with Crippen molar-refractivity contribution in [2.45, 2.75) is 62.6 Å². The third-order valence-electron chi connectivity index (χ3n) is 10.4. The molecule has 0 unspecified atom stereocenters. The number of aromatic nitrogens is 3. The van der Waals surface area contributed by atoms with Crippen molar-refractivity contribution < 1.29 is 40.3 Å². The number of carbonyl (C=O) groups excluding carboxylic acids is 2. The molecular weight excluding hydrogens is 725 g/mol. The predicted octanol–water partition coefficient (Wildman–Crippen LogP) is 8.84. The average molecular weight is 753 g/mol. The number of Topliss-reactive ketones (excluding diaryl/α,β-unsaturated/α-hetero) is 2. The van der Waals surface area contributed by atoms with Crippen molar-refractivity contribution in [1.29, 1.82) is 5.26 Å². The first-order valence-electron chi connectivity index (χ1n) is 17.4. The monoisotopic (exact) mass is 752 g/mol. The molecule has 2 heterocycles. The summed E-state index contributed by atoms with van der Waals surface area (Å²) in [5.74, 6) is -3.62. The van der Waals surface area contributed by atoms with E-state index in [1.54, 1.807) is 54.6 Å². The number of nitrogens with zero attached hydrogens (tertiary/aromatic N) is 4. The highest BCUT2D eigenvalue weighted by Gasteiger charge is 2.68. The summed E-state index contributed by atoms with van der Waals surface area (Å²) >= 11 is 0. The van der Waals surface area contributed by atoms with Crippen LogP contribution in [0.5, 0.6) is 0 Å². The van der Waals surface area contributed by atoms with E-state index >= 15 is 8.78 Å². The number of nitriles is 1. The SMILES string of the molecule is N#Cc1ccc(C#Cc2ccc(-c3ccc4c(c3)C(=O)CC4)c([C@@H](CC(=O)Cn3nc(C(F)(F)F)c4c3C(F)(F)[C@@H]3C[C@H]43)Cc3cc(F)cc(F)c3)n2)cc1. The van der Waals surface area contributed by atoms with Crippen LogP contribution in [0.4, 0.5) is 30.7 Å². The zero-order valence-electron chi connectivity index (χ0n) is 28.7. The minimum atomic E-state index is -5.02. The summed E-state index contributed by atoms with van der Waals surface area (Å²) in [6.07, 6.45) is -4.92. The molecule has 0 saturated heterocycles. The van der Waals surface area contributed by atoms with Crippen LogP contribution in [-0.4, -0.2) is 26.3 Å². The lowest BCUT2D eigenvalue weighted by molar-refractivity contribution is -0.142. The summed E-state index contributed by atoms with van der Waals surface area (Å²) in [5.41, 5.74) is 1.01. The van der Waals surface area contributed by atoms with Gasteiger partial charge in [0.15, 0.2) is 17.3 Å². The maximum atomic E-state index is 15.3. The van der Waals surface area contributed by atoms with Crippen LogP contribution in [0.15, 0.2) is 72.8 Å². The van der Waals surface area contributed by atoms with Crippen LogP contribution >= 0.6 is 0 Å². The number of aryl methyl sites for hydroxylation is 1. The van der Waals surface area contributed by atoms with Crippen LogP contribution in [0, 0.1) is 40.7 Å². The molecule has 3 aromatic carbocycles. The van der Waals surface area contributed by atoms with Crippen molar-refractivity contribution in [2.75, 3.05) is 0 Å². The topological polar surface area (TPSA) is 88.6 Å². The van der Waals surface area contributed by atoms with Crippen molar-refractivity contribution in [3.8, 4) is 29.0 Å². The minimum absolute atomic E-state index is 0.0577. The third-order valence-corrected chi connectivity index (χ3v) is 10.4. The van der Waals surface area contributed by atoms with Gasteiger partial charge in [0.2, 0.25) is 0 Å². The first-order chi connectivity index (χ1) is 26.2. The van der Waals surface area contributed by atoms with Gasteiger partial charge in [0.05, 0.1) is 17.3 Å². The second kappa shape index (κ2) is 13.3. The number of carbonyl (C=O) groups is 2. The van der Waals surface area contributed by atoms with Gasteiger partial charge in [-0.1, -0.05) is 18.1 Å². The first-order valence-corrected chi connectivity index (χ1v) is 17.4. The Morgan fingerprint density at radius 2 is 1.65 bits per heavy atom. The highest BCUT2D eigenvalue weighted by molar-refractivity contribution is 6.01. The molecule has 5 aromatic rings. The lowest BCUT2D eigenvalue weighted by atomic mass is 9.86. The van der Waals surface area contributed by atoms with Crippen molar-refractivity contribution in [3.63, 3.8) is 0 Å². The van der Waals surface area contributed by atoms with Crippen LogP contribution in [0.25, 0.3) is 11.1 Å². The van der Waals surface area contributed by atoms with Crippen LogP contribution in [0.1, 0.15) is 92.0 Å². The Morgan fingerprint density at radius 1 is 0.927 bits per heavy atom. The van der Waals surface area contributed by atoms with Gasteiger partial charge in [-0.05, 0) is 102 Å². The highest BCUT2D eigenvalue weighted by atomic mass is 19.4. The Morgan fingerprint density at radius 3 is 2.36 bits per heavy atom. The molecule has 6 nitrogen and oxygen atoms in total. The van der Waals surface area contributed by atoms with Crippen LogP contribution < -0.4 is 0 Å². The first kappa shape index (κ1) is 35.9. The highest BCUT2D eigenvalue weighted by Crippen LogP contribution is 2.68. The standard InChI is InChI=1S/C42H27F7N4O2/c43-28-14-24(15-29(44)18-28)13-27(16-31(54)21-53-40-37(39(52-53)42(47,48)49)34-19-35(34)41(40,45)46)38-32(26-7-6-25-8-12-36(55)33(25)17-26)11-10-30(51-38)9-5-22-1-3-23(20-50)4-2-22/h1-4,6-7,10-11,14-15,17-18,27,34-35H,8,12-13,16,19,21H2/t27-,34+,35-/m1/s1. The molecule has 0 radical (unpaired) electrons. The lowest BCUT2D eigenvalue weighted by Crippen LogP contribution is -2.24. The van der Waals surface area contributed by atoms with E-state index < -0.39 is 77.2 Å². The van der Waals surface area contributed by atoms with E-state index in [2.05, 4.69) is 16.9 Å². The fourth-order valence-electron chi connectivity index (χ4n) is 7.85. The second-order valence-corrected chi connectivity index (χ2v) is 14.1. The van der Waals surface area contributed by atoms with E-state index in [9.17, 15) is 31.5 Å². The van der Waals surface area contributed by atoms with E-state index in [1.165, 1.54) is 0 Å². The molecule has 55 heavy (non-hydrogen) atoms. The van der Waals surface area contributed by atoms with Gasteiger partial charge in [0, 0.05) is 53.0 Å². The smallest absolute Gasteiger partial charge is 0.298 e. The van der Waals surface area contributed by atoms with Gasteiger partial charge >= 0.3 is 6.18 Å². The third kappa shape index (κ3) is 6.80. The molecule has 1 saturated carbocycles. The van der Waals surface area contributed by atoms with Crippen molar-refractivity contribution in [1.82, 2.24) is 14.8 Å². The number of fused-ring (bicyclic) bond motifs is 4. The minimum Gasteiger partial charge on any atom is -0.298 e. The number of benzene rings is 3. The van der Waals surface area contributed by atoms with Gasteiger partial charge in [0.1, 0.15) is 29.6 Å². The van der Waals surface area contributed by atoms with Crippen LogP contribution in [0.3, 0.4) is 0 Å². The number of rotatable bonds is 8. The Balaban J connectivity index is 1.22. The maximum Gasteiger partial charge on any atom is 0.435 e. The Hall–Kier alpha value is -6.08. The Kier molecular flexibility index (Phi) is 8.71. The molecule has 3 atom stereocenters. The van der Waals surface area contributed by atoms with Crippen molar-refractivity contribution in [3.05, 3.63) is 141 Å². The Labute approximate surface area is 309 Å². The number of halogens is 7. The number of hydrogen-bond donors (Lipinski definition) is 0. The van der Waals surface area contributed by atoms with E-state index in [0.29, 0.717) is 51.4 Å². The molecule has 0 bridgehead atoms. The van der Waals surface area contributed by atoms with Gasteiger partial charge in [-0.2, -0.15) is 32.3 Å². The van der Waals surface area contributed by atoms with Gasteiger partial charge < -0.3 is 0 Å². The summed E-state index contributed by atoms with van der Waals surface area (Å²) in [5, 5.41) is 12.6. The van der Waals surface area contributed by atoms with Crippen molar-refractivity contribution in [2.24, 2.45) is 5.92 Å². The summed E-state index contributed by atoms with van der Waals surface area (Å²) in [7, 11) is 0. The zero-order chi connectivity index (χ0) is 38.8. The van der Waals surface area contributed by atoms with E-state index in [1.807, 2.05) is 6.07 Å². The quantitative estimate of drug-likeness (QED) is 0.117. The molecule has 276 valence electrons. The summed E-state index contributed by atoms with van der Waals surface area (Å²) in [4.78, 5) is 31.4. The predicted molar refractivity (Wildman–Crippen MR) is 184 cm³/mol. The number of hydrogen-bond acceptors (Lipinski definition) is 5. The molecule has 1 fully saturated rings. The lowest BCUT2D eigenvalue weighted by Gasteiger charge is -2.21. The molecular formula is C42H27F7N4O2. The number of ketones is 2.